The molecule has 3 rings (SSSR count). The van der Waals surface area contributed by atoms with Crippen molar-refractivity contribution < 1.29 is 27.2 Å². The van der Waals surface area contributed by atoms with Crippen molar-refractivity contribution in [1.82, 2.24) is 10.2 Å². The topological polar surface area (TPSA) is 140 Å². The molecule has 0 unspecified atom stereocenters. The Morgan fingerprint density at radius 1 is 1.10 bits per heavy atom. The summed E-state index contributed by atoms with van der Waals surface area (Å²) in [6, 6.07) is 12.8. The highest BCUT2D eigenvalue weighted by Crippen LogP contribution is 2.24. The molecule has 0 aliphatic heterocycles. The molecule has 0 atom stereocenters. The maximum Gasteiger partial charge on any atom is 0.337 e. The van der Waals surface area contributed by atoms with Crippen LogP contribution in [-0.2, 0) is 19.6 Å². The van der Waals surface area contributed by atoms with Gasteiger partial charge in [-0.1, -0.05) is 17.8 Å². The quantitative estimate of drug-likeness (QED) is 0.382. The van der Waals surface area contributed by atoms with Crippen molar-refractivity contribution in [2.75, 3.05) is 29.2 Å². The third kappa shape index (κ3) is 6.55. The van der Waals surface area contributed by atoms with Gasteiger partial charge in [-0.2, -0.15) is 0 Å². The van der Waals surface area contributed by atoms with Crippen molar-refractivity contribution >= 4 is 45.0 Å². The molecule has 162 valence electrons. The van der Waals surface area contributed by atoms with E-state index in [9.17, 15) is 18.0 Å². The predicted octanol–water partition coefficient (Wildman–Crippen LogP) is 2.63. The zero-order chi connectivity index (χ0) is 22.4. The number of anilines is 2. The Bertz CT molecular complexity index is 1190. The maximum absolute atomic E-state index is 12.2. The summed E-state index contributed by atoms with van der Waals surface area (Å²) >= 11 is 1.05. The summed E-state index contributed by atoms with van der Waals surface area (Å²) in [6.07, 6.45) is 1.06. The van der Waals surface area contributed by atoms with Gasteiger partial charge in [-0.15, -0.1) is 10.2 Å². The predicted molar refractivity (Wildman–Crippen MR) is 115 cm³/mol. The van der Waals surface area contributed by atoms with Crippen LogP contribution >= 0.6 is 11.8 Å². The van der Waals surface area contributed by atoms with Crippen LogP contribution in [0.5, 0.6) is 0 Å². The lowest BCUT2D eigenvalue weighted by Gasteiger charge is -2.05. The number of methoxy groups -OCH3 is 1. The van der Waals surface area contributed by atoms with Gasteiger partial charge in [-0.3, -0.25) is 9.52 Å². The molecular weight excluding hydrogens is 444 g/mol. The number of aromatic nitrogens is 2. The van der Waals surface area contributed by atoms with E-state index in [1.165, 1.54) is 13.2 Å². The first-order valence-corrected chi connectivity index (χ1v) is 11.6. The number of nitrogens with zero attached hydrogens (tertiary/aromatic N) is 2. The number of carbonyl (C=O) groups excluding carboxylic acids is 2. The Labute approximate surface area is 182 Å². The average molecular weight is 463 g/mol. The molecule has 10 nitrogen and oxygen atoms in total. The van der Waals surface area contributed by atoms with Gasteiger partial charge in [0.2, 0.25) is 21.8 Å². The van der Waals surface area contributed by atoms with Gasteiger partial charge in [0.15, 0.2) is 0 Å². The molecule has 2 N–H and O–H groups in total. The van der Waals surface area contributed by atoms with Gasteiger partial charge in [-0.25, -0.2) is 13.2 Å². The van der Waals surface area contributed by atoms with Crippen LogP contribution in [0.15, 0.2) is 58.2 Å². The van der Waals surface area contributed by atoms with Gasteiger partial charge >= 0.3 is 5.97 Å². The summed E-state index contributed by atoms with van der Waals surface area (Å²) in [4.78, 5) is 23.7. The summed E-state index contributed by atoms with van der Waals surface area (Å²) in [5.41, 5.74) is 1.80. The molecule has 1 heterocycles. The first-order chi connectivity index (χ1) is 14.7. The van der Waals surface area contributed by atoms with Crippen LogP contribution in [0.1, 0.15) is 10.4 Å². The highest BCUT2D eigenvalue weighted by atomic mass is 32.2. The number of hydrogen-bond donors (Lipinski definition) is 2. The first-order valence-electron chi connectivity index (χ1n) is 8.76. The smallest absolute Gasteiger partial charge is 0.337 e. The second kappa shape index (κ2) is 9.62. The Balaban J connectivity index is 1.56. The van der Waals surface area contributed by atoms with Gasteiger partial charge < -0.3 is 14.5 Å². The number of benzene rings is 2. The third-order valence-electron chi connectivity index (χ3n) is 3.74. The molecule has 0 saturated heterocycles. The summed E-state index contributed by atoms with van der Waals surface area (Å²) in [6.45, 7) is 0. The van der Waals surface area contributed by atoms with Gasteiger partial charge in [-0.05, 0) is 42.5 Å². The molecule has 0 aliphatic carbocycles. The van der Waals surface area contributed by atoms with Crippen LogP contribution in [0.4, 0.5) is 11.4 Å². The average Bonchev–Trinajstić information content (AvgIpc) is 3.20. The van der Waals surface area contributed by atoms with E-state index in [-0.39, 0.29) is 22.8 Å². The molecule has 0 aliphatic rings. The van der Waals surface area contributed by atoms with E-state index in [4.69, 9.17) is 4.42 Å². The number of hydrogen-bond acceptors (Lipinski definition) is 9. The number of thioether (sulfide) groups is 1. The Kier molecular flexibility index (Phi) is 6.92. The zero-order valence-electron chi connectivity index (χ0n) is 16.5. The lowest BCUT2D eigenvalue weighted by molar-refractivity contribution is -0.113. The van der Waals surface area contributed by atoms with E-state index < -0.39 is 16.0 Å². The van der Waals surface area contributed by atoms with E-state index in [0.29, 0.717) is 22.5 Å². The molecule has 1 aromatic heterocycles. The number of ether oxygens (including phenoxy) is 1. The van der Waals surface area contributed by atoms with E-state index in [1.807, 2.05) is 0 Å². The fourth-order valence-electron chi connectivity index (χ4n) is 2.45. The van der Waals surface area contributed by atoms with Crippen molar-refractivity contribution in [3.63, 3.8) is 0 Å². The van der Waals surface area contributed by atoms with Gasteiger partial charge in [0.1, 0.15) is 0 Å². The minimum Gasteiger partial charge on any atom is -0.465 e. The molecule has 1 amide bonds. The minimum absolute atomic E-state index is 0.0152. The van der Waals surface area contributed by atoms with Crippen molar-refractivity contribution in [1.29, 1.82) is 0 Å². The Morgan fingerprint density at radius 2 is 1.84 bits per heavy atom. The monoisotopic (exact) mass is 462 g/mol. The molecule has 12 heteroatoms. The summed E-state index contributed by atoms with van der Waals surface area (Å²) < 4.78 is 35.1. The van der Waals surface area contributed by atoms with Crippen LogP contribution < -0.4 is 10.0 Å². The summed E-state index contributed by atoms with van der Waals surface area (Å²) in [5.74, 6) is -0.562. The van der Waals surface area contributed by atoms with E-state index in [1.54, 1.807) is 42.5 Å². The van der Waals surface area contributed by atoms with E-state index in [2.05, 4.69) is 25.0 Å². The lowest BCUT2D eigenvalue weighted by atomic mass is 10.2. The van der Waals surface area contributed by atoms with Crippen LogP contribution in [0.2, 0.25) is 0 Å². The van der Waals surface area contributed by atoms with Crippen molar-refractivity contribution in [3.8, 4) is 11.5 Å². The second-order valence-corrected chi connectivity index (χ2v) is 8.91. The van der Waals surface area contributed by atoms with Gasteiger partial charge in [0.05, 0.1) is 24.7 Å². The van der Waals surface area contributed by atoms with Crippen molar-refractivity contribution in [2.24, 2.45) is 0 Å². The molecule has 2 aromatic carbocycles. The number of esters is 1. The highest BCUT2D eigenvalue weighted by molar-refractivity contribution is 7.99. The number of amides is 1. The molecule has 0 fully saturated rings. The fraction of sp³-hybridized carbons (Fsp3) is 0.158. The fourth-order valence-corrected chi connectivity index (χ4v) is 3.57. The van der Waals surface area contributed by atoms with Crippen LogP contribution in [0.25, 0.3) is 11.5 Å². The van der Waals surface area contributed by atoms with Crippen LogP contribution in [-0.4, -0.2) is 49.6 Å². The standard InChI is InChI=1S/C19H18N4O6S2/c1-28-18(25)13-4-3-5-15(10-13)20-16(24)11-30-19-22-21-17(29-19)12-6-8-14(9-7-12)23-31(2,26)27/h3-10,23H,11H2,1-2H3,(H,20,24). The molecule has 3 aromatic rings. The SMILES string of the molecule is COC(=O)c1cccc(NC(=O)CSc2nnc(-c3ccc(NS(C)(=O)=O)cc3)o2)c1. The second-order valence-electron chi connectivity index (χ2n) is 6.23. The van der Waals surface area contributed by atoms with E-state index >= 15 is 0 Å². The molecule has 0 saturated carbocycles. The minimum atomic E-state index is -3.36. The summed E-state index contributed by atoms with van der Waals surface area (Å²) in [5, 5.41) is 10.7. The van der Waals surface area contributed by atoms with Gasteiger partial charge in [0, 0.05) is 16.9 Å². The van der Waals surface area contributed by atoms with Crippen LogP contribution in [0, 0.1) is 0 Å². The number of rotatable bonds is 8. The Hall–Kier alpha value is -3.38. The Morgan fingerprint density at radius 3 is 2.52 bits per heavy atom. The molecule has 0 bridgehead atoms. The number of carbonyl (C=O) groups is 2. The van der Waals surface area contributed by atoms with E-state index in [0.717, 1.165) is 18.0 Å². The number of nitrogens with one attached hydrogen (secondary N) is 2. The van der Waals surface area contributed by atoms with Crippen LogP contribution in [0.3, 0.4) is 0 Å². The molecule has 0 spiro atoms. The molecular formula is C19H18N4O6S2. The largest absolute Gasteiger partial charge is 0.465 e. The maximum atomic E-state index is 12.2. The normalized spacial score (nSPS) is 11.0. The first kappa shape index (κ1) is 22.3. The van der Waals surface area contributed by atoms with Crippen molar-refractivity contribution in [3.05, 3.63) is 54.1 Å². The molecule has 31 heavy (non-hydrogen) atoms. The summed E-state index contributed by atoms with van der Waals surface area (Å²) in [7, 11) is -2.08. The highest BCUT2D eigenvalue weighted by Gasteiger charge is 2.13. The molecule has 0 radical (unpaired) electrons. The van der Waals surface area contributed by atoms with Crippen molar-refractivity contribution in [2.45, 2.75) is 5.22 Å². The zero-order valence-corrected chi connectivity index (χ0v) is 18.1. The number of sulfonamides is 1. The van der Waals surface area contributed by atoms with Gasteiger partial charge in [0.25, 0.3) is 5.22 Å². The lowest BCUT2D eigenvalue weighted by Crippen LogP contribution is -2.14. The third-order valence-corrected chi connectivity index (χ3v) is 5.16.